The van der Waals surface area contributed by atoms with E-state index in [0.717, 1.165) is 17.2 Å². The van der Waals surface area contributed by atoms with Crippen LogP contribution < -0.4 is 4.90 Å². The minimum atomic E-state index is -0.0213. The van der Waals surface area contributed by atoms with Crippen molar-refractivity contribution in [1.29, 1.82) is 5.26 Å². The zero-order valence-corrected chi connectivity index (χ0v) is 11.8. The topological polar surface area (TPSA) is 57.2 Å². The number of benzene rings is 1. The van der Waals surface area contributed by atoms with Crippen molar-refractivity contribution in [2.45, 2.75) is 20.4 Å². The molecule has 0 aliphatic carbocycles. The number of nitrogens with zero attached hydrogens (tertiary/aromatic N) is 2. The largest absolute Gasteiger partial charge is 0.464 e. The number of aryl methyl sites for hydroxylation is 1. The van der Waals surface area contributed by atoms with E-state index in [2.05, 4.69) is 6.07 Å². The summed E-state index contributed by atoms with van der Waals surface area (Å²) >= 11 is 0. The molecule has 0 unspecified atom stereocenters. The Hall–Kier alpha value is -2.54. The average molecular weight is 268 g/mol. The van der Waals surface area contributed by atoms with Gasteiger partial charge in [-0.15, -0.1) is 0 Å². The number of hydrogen-bond acceptors (Lipinski definition) is 4. The lowest BCUT2D eigenvalue weighted by Crippen LogP contribution is -2.18. The van der Waals surface area contributed by atoms with Gasteiger partial charge in [0.2, 0.25) is 0 Å². The molecule has 0 radical (unpaired) electrons. The van der Waals surface area contributed by atoms with Crippen LogP contribution in [0.1, 0.15) is 34.4 Å². The molecule has 0 aliphatic heterocycles. The molecule has 102 valence electrons. The molecular formula is C16H16N2O2. The predicted octanol–water partition coefficient (Wildman–Crippen LogP) is 3.30. The van der Waals surface area contributed by atoms with E-state index in [1.807, 2.05) is 31.0 Å². The molecule has 0 saturated carbocycles. The number of anilines is 1. The first kappa shape index (κ1) is 13.9. The number of carbonyl (C=O) groups is 1. The summed E-state index contributed by atoms with van der Waals surface area (Å²) in [6.07, 6.45) is 0. The van der Waals surface area contributed by atoms with E-state index in [4.69, 9.17) is 9.68 Å². The lowest BCUT2D eigenvalue weighted by atomic mass is 10.1. The third-order valence-corrected chi connectivity index (χ3v) is 3.11. The van der Waals surface area contributed by atoms with Crippen LogP contribution >= 0.6 is 0 Å². The molecule has 0 saturated heterocycles. The number of rotatable bonds is 4. The van der Waals surface area contributed by atoms with Gasteiger partial charge < -0.3 is 9.32 Å². The van der Waals surface area contributed by atoms with Gasteiger partial charge in [0.15, 0.2) is 5.78 Å². The molecule has 0 N–H and O–H groups in total. The minimum absolute atomic E-state index is 0.0213. The summed E-state index contributed by atoms with van der Waals surface area (Å²) in [5.41, 5.74) is 1.88. The molecule has 20 heavy (non-hydrogen) atoms. The van der Waals surface area contributed by atoms with Gasteiger partial charge in [0.1, 0.15) is 11.5 Å². The van der Waals surface area contributed by atoms with E-state index >= 15 is 0 Å². The number of Topliss-reactive ketones (excluding diaryl/α,β-unsaturated/α-hetero) is 1. The first-order valence-electron chi connectivity index (χ1n) is 6.33. The van der Waals surface area contributed by atoms with E-state index in [1.165, 1.54) is 6.92 Å². The van der Waals surface area contributed by atoms with Crippen LogP contribution in [-0.2, 0) is 6.54 Å². The van der Waals surface area contributed by atoms with Gasteiger partial charge in [-0.05, 0) is 44.2 Å². The van der Waals surface area contributed by atoms with E-state index in [9.17, 15) is 4.79 Å². The summed E-state index contributed by atoms with van der Waals surface area (Å²) in [4.78, 5) is 13.6. The van der Waals surface area contributed by atoms with Crippen LogP contribution in [0.15, 0.2) is 34.7 Å². The number of ketones is 1. The van der Waals surface area contributed by atoms with Crippen molar-refractivity contribution in [3.63, 3.8) is 0 Å². The quantitative estimate of drug-likeness (QED) is 0.798. The van der Waals surface area contributed by atoms with Crippen molar-refractivity contribution in [3.05, 3.63) is 53.0 Å². The zero-order chi connectivity index (χ0) is 14.7. The number of furan rings is 1. The second-order valence-corrected chi connectivity index (χ2v) is 4.77. The number of nitriles is 1. The molecule has 4 heteroatoms. The zero-order valence-electron chi connectivity index (χ0n) is 11.8. The summed E-state index contributed by atoms with van der Waals surface area (Å²) in [6, 6.07) is 11.0. The summed E-state index contributed by atoms with van der Waals surface area (Å²) < 4.78 is 5.54. The fourth-order valence-electron chi connectivity index (χ4n) is 2.10. The lowest BCUT2D eigenvalue weighted by molar-refractivity contribution is 0.101. The van der Waals surface area contributed by atoms with Gasteiger partial charge in [-0.25, -0.2) is 0 Å². The fourth-order valence-corrected chi connectivity index (χ4v) is 2.10. The molecule has 2 rings (SSSR count). The van der Waals surface area contributed by atoms with Crippen LogP contribution in [0, 0.1) is 18.3 Å². The second-order valence-electron chi connectivity index (χ2n) is 4.77. The number of hydrogen-bond donors (Lipinski definition) is 0. The van der Waals surface area contributed by atoms with Gasteiger partial charge in [-0.2, -0.15) is 5.26 Å². The summed E-state index contributed by atoms with van der Waals surface area (Å²) in [6.45, 7) is 3.96. The van der Waals surface area contributed by atoms with Crippen LogP contribution in [0.3, 0.4) is 0 Å². The molecule has 1 aromatic carbocycles. The molecule has 0 aliphatic rings. The van der Waals surface area contributed by atoms with Crippen molar-refractivity contribution in [1.82, 2.24) is 0 Å². The standard InChI is InChI=1S/C16H16N2O2/c1-11-4-6-14(20-11)10-18(3)16-8-13(9-17)5-7-15(16)12(2)19/h4-8H,10H2,1-3H3. The molecular weight excluding hydrogens is 252 g/mol. The maximum atomic E-state index is 11.7. The lowest BCUT2D eigenvalue weighted by Gasteiger charge is -2.20. The highest BCUT2D eigenvalue weighted by Crippen LogP contribution is 2.24. The minimum Gasteiger partial charge on any atom is -0.464 e. The highest BCUT2D eigenvalue weighted by molar-refractivity contribution is 5.99. The molecule has 0 spiro atoms. The molecule has 0 amide bonds. The molecule has 0 atom stereocenters. The van der Waals surface area contributed by atoms with Gasteiger partial charge in [0.25, 0.3) is 0 Å². The van der Waals surface area contributed by atoms with Crippen molar-refractivity contribution in [3.8, 4) is 6.07 Å². The average Bonchev–Trinajstić information content (AvgIpc) is 2.83. The van der Waals surface area contributed by atoms with Gasteiger partial charge in [0, 0.05) is 18.3 Å². The second kappa shape index (κ2) is 5.62. The maximum Gasteiger partial charge on any atom is 0.161 e. The van der Waals surface area contributed by atoms with Gasteiger partial charge >= 0.3 is 0 Å². The van der Waals surface area contributed by atoms with E-state index in [0.29, 0.717) is 17.7 Å². The first-order chi connectivity index (χ1) is 9.51. The van der Waals surface area contributed by atoms with Crippen LogP contribution in [0.5, 0.6) is 0 Å². The van der Waals surface area contributed by atoms with Gasteiger partial charge in [0.05, 0.1) is 18.2 Å². The summed E-state index contributed by atoms with van der Waals surface area (Å²) in [7, 11) is 1.88. The Morgan fingerprint density at radius 3 is 2.65 bits per heavy atom. The smallest absolute Gasteiger partial charge is 0.161 e. The summed E-state index contributed by atoms with van der Waals surface area (Å²) in [5, 5.41) is 8.99. The maximum absolute atomic E-state index is 11.7. The van der Waals surface area contributed by atoms with Crippen LogP contribution in [0.4, 0.5) is 5.69 Å². The highest BCUT2D eigenvalue weighted by Gasteiger charge is 2.13. The Labute approximate surface area is 118 Å². The Balaban J connectivity index is 2.34. The van der Waals surface area contributed by atoms with E-state index < -0.39 is 0 Å². The normalized spacial score (nSPS) is 10.1. The van der Waals surface area contributed by atoms with Crippen LogP contribution in [0.25, 0.3) is 0 Å². The highest BCUT2D eigenvalue weighted by atomic mass is 16.3. The van der Waals surface area contributed by atoms with Crippen molar-refractivity contribution in [2.24, 2.45) is 0 Å². The molecule has 1 aromatic heterocycles. The fraction of sp³-hybridized carbons (Fsp3) is 0.250. The third-order valence-electron chi connectivity index (χ3n) is 3.11. The van der Waals surface area contributed by atoms with Crippen molar-refractivity contribution >= 4 is 11.5 Å². The molecule has 0 bridgehead atoms. The molecule has 1 heterocycles. The Bertz CT molecular complexity index is 680. The first-order valence-corrected chi connectivity index (χ1v) is 6.33. The van der Waals surface area contributed by atoms with E-state index in [-0.39, 0.29) is 5.78 Å². The Kier molecular flexibility index (Phi) is 3.90. The van der Waals surface area contributed by atoms with Crippen molar-refractivity contribution in [2.75, 3.05) is 11.9 Å². The third kappa shape index (κ3) is 2.89. The predicted molar refractivity (Wildman–Crippen MR) is 76.7 cm³/mol. The Morgan fingerprint density at radius 2 is 2.10 bits per heavy atom. The molecule has 2 aromatic rings. The molecule has 0 fully saturated rings. The van der Waals surface area contributed by atoms with Crippen LogP contribution in [-0.4, -0.2) is 12.8 Å². The van der Waals surface area contributed by atoms with E-state index in [1.54, 1.807) is 18.2 Å². The number of carbonyl (C=O) groups excluding carboxylic acids is 1. The monoisotopic (exact) mass is 268 g/mol. The van der Waals surface area contributed by atoms with Crippen molar-refractivity contribution < 1.29 is 9.21 Å². The molecule has 4 nitrogen and oxygen atoms in total. The summed E-state index contributed by atoms with van der Waals surface area (Å²) in [5.74, 6) is 1.65. The van der Waals surface area contributed by atoms with Gasteiger partial charge in [-0.3, -0.25) is 4.79 Å². The van der Waals surface area contributed by atoms with Crippen LogP contribution in [0.2, 0.25) is 0 Å². The van der Waals surface area contributed by atoms with Gasteiger partial charge in [-0.1, -0.05) is 0 Å². The Morgan fingerprint density at radius 1 is 1.35 bits per heavy atom. The SMILES string of the molecule is CC(=O)c1ccc(C#N)cc1N(C)Cc1ccc(C)o1.